The summed E-state index contributed by atoms with van der Waals surface area (Å²) in [5.74, 6) is 0.499. The van der Waals surface area contributed by atoms with Crippen molar-refractivity contribution in [3.63, 3.8) is 0 Å². The largest absolute Gasteiger partial charge is 0.354 e. The summed E-state index contributed by atoms with van der Waals surface area (Å²) in [6, 6.07) is 9.00. The molecule has 1 heterocycles. The second kappa shape index (κ2) is 9.93. The highest BCUT2D eigenvalue weighted by atomic mass is 35.5. The zero-order chi connectivity index (χ0) is 17.2. The van der Waals surface area contributed by atoms with Crippen LogP contribution in [0.2, 0.25) is 0 Å². The van der Waals surface area contributed by atoms with Crippen LogP contribution in [0, 0.1) is 11.3 Å². The van der Waals surface area contributed by atoms with Crippen molar-refractivity contribution in [3.05, 3.63) is 35.4 Å². The van der Waals surface area contributed by atoms with Crippen LogP contribution in [0.5, 0.6) is 0 Å². The van der Waals surface area contributed by atoms with E-state index >= 15 is 0 Å². The van der Waals surface area contributed by atoms with Crippen molar-refractivity contribution in [1.29, 1.82) is 0 Å². The zero-order valence-electron chi connectivity index (χ0n) is 16.1. The number of amides is 1. The molecule has 2 fully saturated rings. The Balaban J connectivity index is 0.00000169. The van der Waals surface area contributed by atoms with E-state index < -0.39 is 0 Å². The molecule has 1 amide bonds. The van der Waals surface area contributed by atoms with Crippen molar-refractivity contribution in [2.24, 2.45) is 11.3 Å². The molecule has 3 rings (SSSR count). The normalized spacial score (nSPS) is 21.5. The predicted molar refractivity (Wildman–Crippen MR) is 112 cm³/mol. The highest BCUT2D eigenvalue weighted by molar-refractivity contribution is 5.85. The fraction of sp³-hybridized carbons (Fsp3) is 0.650. The van der Waals surface area contributed by atoms with Gasteiger partial charge in [-0.05, 0) is 69.4 Å². The third kappa shape index (κ3) is 5.13. The molecule has 1 aliphatic carbocycles. The van der Waals surface area contributed by atoms with Crippen LogP contribution in [0.1, 0.15) is 43.4 Å². The Morgan fingerprint density at radius 1 is 1.23 bits per heavy atom. The van der Waals surface area contributed by atoms with Crippen molar-refractivity contribution >= 4 is 30.7 Å². The van der Waals surface area contributed by atoms with E-state index in [0.29, 0.717) is 12.0 Å². The topological polar surface area (TPSA) is 44.4 Å². The van der Waals surface area contributed by atoms with Crippen molar-refractivity contribution in [2.45, 2.75) is 38.6 Å². The number of nitrogens with zero attached hydrogens (tertiary/aromatic N) is 1. The van der Waals surface area contributed by atoms with Gasteiger partial charge in [0.05, 0.1) is 6.04 Å². The summed E-state index contributed by atoms with van der Waals surface area (Å²) in [7, 11) is 4.16. The fourth-order valence-corrected chi connectivity index (χ4v) is 4.09. The molecule has 0 bridgehead atoms. The van der Waals surface area contributed by atoms with Gasteiger partial charge in [-0.2, -0.15) is 0 Å². The lowest BCUT2D eigenvalue weighted by molar-refractivity contribution is -0.123. The SMILES string of the molecule is CCc1ccc(C(CNC(=O)C2CC23CCNCC3)N(C)C)cc1.Cl.Cl. The molecule has 1 aromatic carbocycles. The predicted octanol–water partition coefficient (Wildman–Crippen LogP) is 3.20. The molecule has 0 radical (unpaired) electrons. The quantitative estimate of drug-likeness (QED) is 0.768. The molecule has 1 aromatic rings. The Labute approximate surface area is 170 Å². The second-order valence-corrected chi connectivity index (χ2v) is 7.69. The monoisotopic (exact) mass is 401 g/mol. The first-order valence-electron chi connectivity index (χ1n) is 9.29. The van der Waals surface area contributed by atoms with Gasteiger partial charge in [0.15, 0.2) is 0 Å². The maximum absolute atomic E-state index is 12.6. The van der Waals surface area contributed by atoms with Crippen LogP contribution in [0.3, 0.4) is 0 Å². The number of hydrogen-bond acceptors (Lipinski definition) is 3. The summed E-state index contributed by atoms with van der Waals surface area (Å²) < 4.78 is 0. The maximum Gasteiger partial charge on any atom is 0.223 e. The molecule has 0 aromatic heterocycles. The van der Waals surface area contributed by atoms with E-state index in [1.165, 1.54) is 11.1 Å². The van der Waals surface area contributed by atoms with Crippen molar-refractivity contribution in [2.75, 3.05) is 33.7 Å². The highest BCUT2D eigenvalue weighted by Gasteiger charge is 2.57. The van der Waals surface area contributed by atoms with E-state index in [4.69, 9.17) is 0 Å². The first kappa shape index (κ1) is 23.2. The van der Waals surface area contributed by atoms with Crippen LogP contribution >= 0.6 is 24.8 Å². The molecule has 6 heteroatoms. The number of aryl methyl sites for hydroxylation is 1. The van der Waals surface area contributed by atoms with Gasteiger partial charge in [-0.3, -0.25) is 4.79 Å². The Morgan fingerprint density at radius 2 is 1.85 bits per heavy atom. The average molecular weight is 402 g/mol. The van der Waals surface area contributed by atoms with Gasteiger partial charge >= 0.3 is 0 Å². The molecular weight excluding hydrogens is 369 g/mol. The van der Waals surface area contributed by atoms with E-state index in [2.05, 4.69) is 60.8 Å². The third-order valence-corrected chi connectivity index (χ3v) is 5.97. The second-order valence-electron chi connectivity index (χ2n) is 7.69. The minimum Gasteiger partial charge on any atom is -0.354 e. The minimum atomic E-state index is 0. The number of likely N-dealkylation sites (N-methyl/N-ethyl adjacent to an activating group) is 1. The van der Waals surface area contributed by atoms with Gasteiger partial charge in [-0.15, -0.1) is 24.8 Å². The number of carbonyl (C=O) groups excluding carboxylic acids is 1. The van der Waals surface area contributed by atoms with Crippen LogP contribution in [-0.2, 0) is 11.2 Å². The van der Waals surface area contributed by atoms with Crippen molar-refractivity contribution in [3.8, 4) is 0 Å². The summed E-state index contributed by atoms with van der Waals surface area (Å²) >= 11 is 0. The van der Waals surface area contributed by atoms with Gasteiger partial charge in [-0.25, -0.2) is 0 Å². The van der Waals surface area contributed by atoms with Crippen LogP contribution in [0.4, 0.5) is 0 Å². The summed E-state index contributed by atoms with van der Waals surface area (Å²) in [4.78, 5) is 14.8. The van der Waals surface area contributed by atoms with Crippen LogP contribution in [-0.4, -0.2) is 44.5 Å². The molecule has 2 N–H and O–H groups in total. The number of hydrogen-bond donors (Lipinski definition) is 2. The van der Waals surface area contributed by atoms with Gasteiger partial charge in [0.1, 0.15) is 0 Å². The molecule has 26 heavy (non-hydrogen) atoms. The number of halogens is 2. The van der Waals surface area contributed by atoms with E-state index in [9.17, 15) is 4.79 Å². The van der Waals surface area contributed by atoms with Crippen LogP contribution < -0.4 is 10.6 Å². The average Bonchev–Trinajstić information content (AvgIpc) is 3.29. The highest BCUT2D eigenvalue weighted by Crippen LogP contribution is 2.58. The van der Waals surface area contributed by atoms with E-state index in [0.717, 1.165) is 38.8 Å². The number of rotatable bonds is 6. The van der Waals surface area contributed by atoms with Gasteiger partial charge in [0, 0.05) is 12.5 Å². The van der Waals surface area contributed by atoms with Gasteiger partial charge in [0.2, 0.25) is 5.91 Å². The maximum atomic E-state index is 12.6. The number of benzene rings is 1. The molecule has 1 saturated carbocycles. The molecule has 2 unspecified atom stereocenters. The lowest BCUT2D eigenvalue weighted by Crippen LogP contribution is -2.37. The minimum absolute atomic E-state index is 0. The smallest absolute Gasteiger partial charge is 0.223 e. The van der Waals surface area contributed by atoms with E-state index in [1.807, 2.05) is 0 Å². The van der Waals surface area contributed by atoms with Gasteiger partial charge in [-0.1, -0.05) is 31.2 Å². The fourth-order valence-electron chi connectivity index (χ4n) is 4.09. The molecule has 4 nitrogen and oxygen atoms in total. The van der Waals surface area contributed by atoms with Gasteiger partial charge in [0.25, 0.3) is 0 Å². The van der Waals surface area contributed by atoms with E-state index in [1.54, 1.807) is 0 Å². The first-order chi connectivity index (χ1) is 11.6. The zero-order valence-corrected chi connectivity index (χ0v) is 17.7. The summed E-state index contributed by atoms with van der Waals surface area (Å²) in [5.41, 5.74) is 2.93. The lowest BCUT2D eigenvalue weighted by Gasteiger charge is -2.26. The van der Waals surface area contributed by atoms with Gasteiger partial charge < -0.3 is 15.5 Å². The summed E-state index contributed by atoms with van der Waals surface area (Å²) in [6.45, 7) is 4.98. The Kier molecular flexibility index (Phi) is 8.87. The third-order valence-electron chi connectivity index (χ3n) is 5.97. The molecule has 2 atom stereocenters. The Bertz CT molecular complexity index is 571. The number of nitrogens with one attached hydrogen (secondary N) is 2. The summed E-state index contributed by atoms with van der Waals surface area (Å²) in [5, 5.41) is 6.62. The Morgan fingerprint density at radius 3 is 2.38 bits per heavy atom. The van der Waals surface area contributed by atoms with Crippen LogP contribution in [0.15, 0.2) is 24.3 Å². The molecule has 148 valence electrons. The first-order valence-corrected chi connectivity index (χ1v) is 9.29. The summed E-state index contributed by atoms with van der Waals surface area (Å²) in [6.07, 6.45) is 4.45. The van der Waals surface area contributed by atoms with Crippen molar-refractivity contribution in [1.82, 2.24) is 15.5 Å². The molecular formula is C20H33Cl2N3O. The molecule has 2 aliphatic rings. The van der Waals surface area contributed by atoms with Crippen molar-refractivity contribution < 1.29 is 4.79 Å². The number of carbonyl (C=O) groups is 1. The molecule has 1 aliphatic heterocycles. The standard InChI is InChI=1S/C20H31N3O.2ClH/c1-4-15-5-7-16(8-6-15)18(23(2)3)14-22-19(24)17-13-20(17)9-11-21-12-10-20;;/h5-8,17-18,21H,4,9-14H2,1-3H3,(H,22,24);2*1H. The Hall–Kier alpha value is -0.810. The lowest BCUT2D eigenvalue weighted by atomic mass is 9.91. The van der Waals surface area contributed by atoms with Crippen LogP contribution in [0.25, 0.3) is 0 Å². The molecule has 1 spiro atoms. The van der Waals surface area contributed by atoms with E-state index in [-0.39, 0.29) is 42.7 Å². The molecule has 1 saturated heterocycles. The number of piperidine rings is 1.